The predicted molar refractivity (Wildman–Crippen MR) is 193 cm³/mol. The molecule has 0 aliphatic carbocycles. The molecule has 202 valence electrons. The minimum atomic E-state index is -2.18. The van der Waals surface area contributed by atoms with Crippen LogP contribution in [0.25, 0.3) is 21.5 Å². The van der Waals surface area contributed by atoms with Crippen molar-refractivity contribution in [3.63, 3.8) is 0 Å². The lowest BCUT2D eigenvalue weighted by atomic mass is 10.0. The number of hydrogen-bond acceptors (Lipinski definition) is 0. The zero-order valence-electron chi connectivity index (χ0n) is 23.5. The van der Waals surface area contributed by atoms with Gasteiger partial charge in [0.05, 0.1) is 0 Å². The van der Waals surface area contributed by atoms with E-state index in [9.17, 15) is 0 Å². The van der Waals surface area contributed by atoms with Gasteiger partial charge in [0.2, 0.25) is 0 Å². The third-order valence-corrected chi connectivity index (χ3v) is 15.6. The zero-order valence-corrected chi connectivity index (χ0v) is 25.3. The molecule has 0 saturated carbocycles. The van der Waals surface area contributed by atoms with Gasteiger partial charge < -0.3 is 0 Å². The number of hydrogen-bond donors (Lipinski definition) is 0. The highest BCUT2D eigenvalue weighted by atomic mass is 31.2. The van der Waals surface area contributed by atoms with Crippen LogP contribution in [0.15, 0.2) is 170 Å². The van der Waals surface area contributed by atoms with Gasteiger partial charge in [0.1, 0.15) is 0 Å². The van der Waals surface area contributed by atoms with Crippen molar-refractivity contribution in [3.05, 3.63) is 170 Å². The molecule has 7 aromatic rings. The Morgan fingerprint density at radius 3 is 0.929 bits per heavy atom. The molecule has 0 aliphatic heterocycles. The van der Waals surface area contributed by atoms with Crippen molar-refractivity contribution in [1.82, 2.24) is 0 Å². The second-order valence-electron chi connectivity index (χ2n) is 10.8. The highest BCUT2D eigenvalue weighted by Crippen LogP contribution is 2.46. The summed E-state index contributed by atoms with van der Waals surface area (Å²) >= 11 is 0. The lowest BCUT2D eigenvalue weighted by Gasteiger charge is -2.29. The molecular formula is C40H32P2. The smallest absolute Gasteiger partial charge is 0.00871 e. The summed E-state index contributed by atoms with van der Waals surface area (Å²) in [5.74, 6) is 0. The average molecular weight is 575 g/mol. The lowest BCUT2D eigenvalue weighted by molar-refractivity contribution is 1.74. The maximum Gasteiger partial charge on any atom is -0.00871 e. The van der Waals surface area contributed by atoms with Crippen molar-refractivity contribution in [2.75, 3.05) is 0 Å². The molecule has 0 saturated heterocycles. The first-order valence-electron chi connectivity index (χ1n) is 14.3. The standard InChI is InChI=1S/C40H32P2/c1-41(33-19-7-3-8-20-33,34-21-9-4-10-22-34)39-27-15-17-31-29-32-18-16-28-40(38(32)30-37(31)39)42(2,35-23-11-5-12-24-35)36-25-13-6-14-26-36/h3-30H,1-2H2. The summed E-state index contributed by atoms with van der Waals surface area (Å²) < 4.78 is 0. The molecule has 0 aliphatic rings. The predicted octanol–water partition coefficient (Wildman–Crippen LogP) is 7.44. The van der Waals surface area contributed by atoms with Gasteiger partial charge in [0, 0.05) is 0 Å². The van der Waals surface area contributed by atoms with E-state index in [-0.39, 0.29) is 0 Å². The maximum absolute atomic E-state index is 5.08. The van der Waals surface area contributed by atoms with Gasteiger partial charge >= 0.3 is 0 Å². The number of fused-ring (bicyclic) bond motifs is 2. The summed E-state index contributed by atoms with van der Waals surface area (Å²) in [4.78, 5) is 0. The lowest BCUT2D eigenvalue weighted by Crippen LogP contribution is -2.27. The molecule has 0 N–H and O–H groups in total. The highest BCUT2D eigenvalue weighted by Gasteiger charge is 2.27. The number of benzene rings is 7. The van der Waals surface area contributed by atoms with Gasteiger partial charge in [-0.05, 0) is 79.3 Å². The summed E-state index contributed by atoms with van der Waals surface area (Å²) in [6.45, 7) is -4.36. The van der Waals surface area contributed by atoms with Crippen molar-refractivity contribution in [2.45, 2.75) is 0 Å². The summed E-state index contributed by atoms with van der Waals surface area (Å²) in [7, 11) is 0. The molecule has 0 spiro atoms. The highest BCUT2D eigenvalue weighted by molar-refractivity contribution is 7.94. The van der Waals surface area contributed by atoms with Gasteiger partial charge in [-0.3, -0.25) is 0 Å². The molecule has 7 rings (SSSR count). The van der Waals surface area contributed by atoms with E-state index >= 15 is 0 Å². The van der Waals surface area contributed by atoms with Crippen LogP contribution in [-0.4, -0.2) is 12.6 Å². The van der Waals surface area contributed by atoms with E-state index in [1.807, 2.05) is 0 Å². The van der Waals surface area contributed by atoms with Crippen LogP contribution in [0.1, 0.15) is 0 Å². The van der Waals surface area contributed by atoms with Gasteiger partial charge in [-0.15, -0.1) is 0 Å². The van der Waals surface area contributed by atoms with E-state index in [2.05, 4.69) is 170 Å². The summed E-state index contributed by atoms with van der Waals surface area (Å²) in [6.07, 6.45) is 10.2. The molecule has 0 bridgehead atoms. The maximum atomic E-state index is 5.08. The molecule has 0 atom stereocenters. The first kappa shape index (κ1) is 26.6. The molecule has 0 radical (unpaired) electrons. The SMILES string of the molecule is C=P(c1ccccc1)(c1ccccc1)c1cccc2cc3cccc(P(=C)(c4ccccc4)c4ccccc4)c3cc12. The van der Waals surface area contributed by atoms with Gasteiger partial charge in [-0.25, -0.2) is 0 Å². The Balaban J connectivity index is 1.57. The fraction of sp³-hybridized carbons (Fsp3) is 0. The molecule has 7 aromatic carbocycles. The molecule has 0 nitrogen and oxygen atoms in total. The average Bonchev–Trinajstić information content (AvgIpc) is 3.07. The third-order valence-electron chi connectivity index (χ3n) is 8.44. The van der Waals surface area contributed by atoms with Crippen molar-refractivity contribution in [1.29, 1.82) is 0 Å². The largest absolute Gasteiger partial charge is 0.0887 e. The topological polar surface area (TPSA) is 0 Å². The van der Waals surface area contributed by atoms with Crippen molar-refractivity contribution < 1.29 is 0 Å². The van der Waals surface area contributed by atoms with Crippen LogP contribution in [-0.2, 0) is 0 Å². The van der Waals surface area contributed by atoms with Gasteiger partial charge in [0.15, 0.2) is 0 Å². The Morgan fingerprint density at radius 2 is 0.619 bits per heavy atom. The van der Waals surface area contributed by atoms with Crippen LogP contribution in [0.5, 0.6) is 0 Å². The number of rotatable bonds is 6. The second-order valence-corrected chi connectivity index (χ2v) is 17.1. The van der Waals surface area contributed by atoms with E-state index in [1.165, 1.54) is 53.4 Å². The molecular weight excluding hydrogens is 542 g/mol. The van der Waals surface area contributed by atoms with E-state index < -0.39 is 13.8 Å². The zero-order chi connectivity index (χ0) is 28.6. The molecule has 2 heteroatoms. The van der Waals surface area contributed by atoms with Crippen molar-refractivity contribution >= 4 is 79.7 Å². The Bertz CT molecular complexity index is 1870. The van der Waals surface area contributed by atoms with Crippen LogP contribution < -0.4 is 31.8 Å². The van der Waals surface area contributed by atoms with Crippen molar-refractivity contribution in [3.8, 4) is 0 Å². The quantitative estimate of drug-likeness (QED) is 0.143. The van der Waals surface area contributed by atoms with Crippen LogP contribution in [0.4, 0.5) is 0 Å². The van der Waals surface area contributed by atoms with Gasteiger partial charge in [-0.2, -0.15) is 0 Å². The van der Waals surface area contributed by atoms with Gasteiger partial charge in [0.25, 0.3) is 0 Å². The minimum Gasteiger partial charge on any atom is -0.0887 e. The molecule has 42 heavy (non-hydrogen) atoms. The normalized spacial score (nSPS) is 12.0. The summed E-state index contributed by atoms with van der Waals surface area (Å²) in [5.41, 5.74) is 0. The Hall–Kier alpha value is -4.34. The van der Waals surface area contributed by atoms with Crippen molar-refractivity contribution in [2.24, 2.45) is 0 Å². The van der Waals surface area contributed by atoms with Crippen LogP contribution in [0, 0.1) is 0 Å². The fourth-order valence-corrected chi connectivity index (χ4v) is 12.6. The minimum absolute atomic E-state index is 1.24. The van der Waals surface area contributed by atoms with Gasteiger partial charge in [-0.1, -0.05) is 170 Å². The monoisotopic (exact) mass is 574 g/mol. The fourth-order valence-electron chi connectivity index (χ4n) is 6.27. The summed E-state index contributed by atoms with van der Waals surface area (Å²) in [6, 6.07) is 61.7. The second kappa shape index (κ2) is 10.8. The summed E-state index contributed by atoms with van der Waals surface area (Å²) in [5, 5.41) is 12.8. The van der Waals surface area contributed by atoms with E-state index in [0.717, 1.165) is 0 Å². The molecule has 0 heterocycles. The molecule has 0 fully saturated rings. The molecule has 0 amide bonds. The third kappa shape index (κ3) is 4.31. The van der Waals surface area contributed by atoms with E-state index in [4.69, 9.17) is 12.6 Å². The first-order chi connectivity index (χ1) is 20.6. The molecule has 0 aromatic heterocycles. The van der Waals surface area contributed by atoms with Crippen LogP contribution in [0.3, 0.4) is 0 Å². The first-order valence-corrected chi connectivity index (χ1v) is 18.2. The van der Waals surface area contributed by atoms with Crippen LogP contribution in [0.2, 0.25) is 0 Å². The Kier molecular flexibility index (Phi) is 6.84. The van der Waals surface area contributed by atoms with Crippen LogP contribution >= 0.6 is 13.8 Å². The Morgan fingerprint density at radius 1 is 0.310 bits per heavy atom. The molecule has 0 unspecified atom stereocenters. The Labute approximate surface area is 248 Å². The van der Waals surface area contributed by atoms with E-state index in [0.29, 0.717) is 0 Å². The van der Waals surface area contributed by atoms with E-state index in [1.54, 1.807) is 0 Å².